The molecule has 0 aromatic carbocycles. The van der Waals surface area contributed by atoms with Crippen molar-refractivity contribution in [1.29, 1.82) is 0 Å². The Morgan fingerprint density at radius 3 is 2.79 bits per heavy atom. The lowest BCUT2D eigenvalue weighted by Crippen LogP contribution is -2.45. The summed E-state index contributed by atoms with van der Waals surface area (Å²) in [7, 11) is 1.23. The molecule has 0 saturated carbocycles. The molecule has 2 aromatic rings. The molecule has 1 amide bonds. The Morgan fingerprint density at radius 2 is 2.21 bits per heavy atom. The van der Waals surface area contributed by atoms with E-state index in [-0.39, 0.29) is 18.7 Å². The van der Waals surface area contributed by atoms with Crippen molar-refractivity contribution in [2.24, 2.45) is 0 Å². The van der Waals surface area contributed by atoms with Gasteiger partial charge in [-0.1, -0.05) is 0 Å². The maximum absolute atomic E-state index is 12.2. The van der Waals surface area contributed by atoms with Crippen molar-refractivity contribution in [3.8, 4) is 5.75 Å². The summed E-state index contributed by atoms with van der Waals surface area (Å²) in [6.07, 6.45) is 3.18. The molecule has 0 radical (unpaired) electrons. The van der Waals surface area contributed by atoms with Crippen LogP contribution in [0.15, 0.2) is 29.5 Å². The van der Waals surface area contributed by atoms with Crippen LogP contribution in [0.2, 0.25) is 0 Å². The molecule has 0 saturated heterocycles. The van der Waals surface area contributed by atoms with E-state index in [0.29, 0.717) is 11.4 Å². The summed E-state index contributed by atoms with van der Waals surface area (Å²) in [5.41, 5.74) is 0.577. The van der Waals surface area contributed by atoms with Gasteiger partial charge in [-0.2, -0.15) is 0 Å². The number of carbonyl (C=O) groups excluding carboxylic acids is 2. The standard InChI is InChI=1S/C15H18N4O5/c1-9-3-11(20)5-14(22)19(9)7-13(21)18-12(15(23)24-2)4-10-6-16-8-17-10/h3,5-6,8,12,20H,4,7H2,1-2H3,(H,16,17)(H,18,21)/t12-/m0/s1. The molecule has 0 aliphatic carbocycles. The van der Waals surface area contributed by atoms with E-state index in [2.05, 4.69) is 20.0 Å². The van der Waals surface area contributed by atoms with Crippen LogP contribution in [0.4, 0.5) is 0 Å². The lowest BCUT2D eigenvalue weighted by molar-refractivity contribution is -0.145. The summed E-state index contributed by atoms with van der Waals surface area (Å²) in [5.74, 6) is -1.30. The van der Waals surface area contributed by atoms with E-state index in [1.54, 1.807) is 6.92 Å². The molecular weight excluding hydrogens is 316 g/mol. The molecule has 9 heteroatoms. The first kappa shape index (κ1) is 17.3. The molecule has 1 atom stereocenters. The normalized spacial score (nSPS) is 11.8. The maximum atomic E-state index is 12.2. The number of pyridine rings is 1. The van der Waals surface area contributed by atoms with Gasteiger partial charge in [0.25, 0.3) is 5.56 Å². The molecule has 0 unspecified atom stereocenters. The third-order valence-corrected chi connectivity index (χ3v) is 3.42. The van der Waals surface area contributed by atoms with Gasteiger partial charge in [0, 0.05) is 30.1 Å². The smallest absolute Gasteiger partial charge is 0.328 e. The first-order valence-corrected chi connectivity index (χ1v) is 7.15. The van der Waals surface area contributed by atoms with Crippen LogP contribution in [-0.2, 0) is 27.3 Å². The highest BCUT2D eigenvalue weighted by atomic mass is 16.5. The molecule has 0 bridgehead atoms. The van der Waals surface area contributed by atoms with Crippen LogP contribution in [-0.4, -0.2) is 44.7 Å². The predicted molar refractivity (Wildman–Crippen MR) is 83.3 cm³/mol. The number of hydrogen-bond donors (Lipinski definition) is 3. The summed E-state index contributed by atoms with van der Waals surface area (Å²) in [5, 5.41) is 11.9. The number of aryl methyl sites for hydroxylation is 1. The van der Waals surface area contributed by atoms with Crippen molar-refractivity contribution in [3.63, 3.8) is 0 Å². The van der Waals surface area contributed by atoms with E-state index in [1.807, 2.05) is 0 Å². The summed E-state index contributed by atoms with van der Waals surface area (Å²) in [4.78, 5) is 42.6. The van der Waals surface area contributed by atoms with E-state index >= 15 is 0 Å². The Kier molecular flexibility index (Phi) is 5.35. The fraction of sp³-hybridized carbons (Fsp3) is 0.333. The lowest BCUT2D eigenvalue weighted by Gasteiger charge is -2.17. The number of carbonyl (C=O) groups is 2. The minimum atomic E-state index is -0.906. The SMILES string of the molecule is COC(=O)[C@H](Cc1cnc[nH]1)NC(=O)Cn1c(C)cc(O)cc1=O. The van der Waals surface area contributed by atoms with Crippen LogP contribution in [0.3, 0.4) is 0 Å². The van der Waals surface area contributed by atoms with E-state index in [0.717, 1.165) is 6.07 Å². The Morgan fingerprint density at radius 1 is 1.46 bits per heavy atom. The maximum Gasteiger partial charge on any atom is 0.328 e. The first-order valence-electron chi connectivity index (χ1n) is 7.15. The van der Waals surface area contributed by atoms with Gasteiger partial charge >= 0.3 is 5.97 Å². The molecule has 0 aliphatic heterocycles. The zero-order valence-electron chi connectivity index (χ0n) is 13.3. The predicted octanol–water partition coefficient (Wildman–Crippen LogP) is -0.514. The fourth-order valence-corrected chi connectivity index (χ4v) is 2.25. The number of H-pyrrole nitrogens is 1. The van der Waals surface area contributed by atoms with E-state index < -0.39 is 23.5 Å². The minimum absolute atomic E-state index is 0.166. The van der Waals surface area contributed by atoms with Crippen LogP contribution < -0.4 is 10.9 Å². The number of ether oxygens (including phenoxy) is 1. The van der Waals surface area contributed by atoms with Crippen LogP contribution >= 0.6 is 0 Å². The Hall–Kier alpha value is -3.10. The van der Waals surface area contributed by atoms with Gasteiger partial charge in [-0.15, -0.1) is 0 Å². The second-order valence-electron chi connectivity index (χ2n) is 5.20. The zero-order valence-corrected chi connectivity index (χ0v) is 13.3. The topological polar surface area (TPSA) is 126 Å². The third-order valence-electron chi connectivity index (χ3n) is 3.42. The summed E-state index contributed by atoms with van der Waals surface area (Å²) >= 11 is 0. The Labute approximate surface area is 137 Å². The van der Waals surface area contributed by atoms with Crippen molar-refractivity contribution in [3.05, 3.63) is 46.4 Å². The zero-order chi connectivity index (χ0) is 17.7. The molecule has 0 spiro atoms. The summed E-state index contributed by atoms with van der Waals surface area (Å²) < 4.78 is 5.88. The average Bonchev–Trinajstić information content (AvgIpc) is 3.02. The number of nitrogens with one attached hydrogen (secondary N) is 2. The van der Waals surface area contributed by atoms with Gasteiger partial charge in [0.2, 0.25) is 5.91 Å². The van der Waals surface area contributed by atoms with Gasteiger partial charge in [-0.3, -0.25) is 9.59 Å². The first-order chi connectivity index (χ1) is 11.4. The number of amides is 1. The molecule has 2 heterocycles. The lowest BCUT2D eigenvalue weighted by atomic mass is 10.1. The quantitative estimate of drug-likeness (QED) is 0.611. The molecule has 9 nitrogen and oxygen atoms in total. The van der Waals surface area contributed by atoms with E-state index in [4.69, 9.17) is 0 Å². The van der Waals surface area contributed by atoms with Crippen molar-refractivity contribution >= 4 is 11.9 Å². The van der Waals surface area contributed by atoms with Gasteiger partial charge < -0.3 is 24.7 Å². The summed E-state index contributed by atoms with van der Waals surface area (Å²) in [6.45, 7) is 1.32. The van der Waals surface area contributed by atoms with Gasteiger partial charge in [-0.05, 0) is 13.0 Å². The van der Waals surface area contributed by atoms with Gasteiger partial charge in [-0.25, -0.2) is 9.78 Å². The van der Waals surface area contributed by atoms with Crippen LogP contribution in [0.25, 0.3) is 0 Å². The number of aromatic hydroxyl groups is 1. The van der Waals surface area contributed by atoms with Crippen molar-refractivity contribution < 1.29 is 19.4 Å². The monoisotopic (exact) mass is 334 g/mol. The molecule has 24 heavy (non-hydrogen) atoms. The van der Waals surface area contributed by atoms with Crippen LogP contribution in [0.1, 0.15) is 11.4 Å². The third kappa shape index (κ3) is 4.22. The second-order valence-corrected chi connectivity index (χ2v) is 5.20. The Bertz CT molecular complexity index is 782. The molecule has 3 N–H and O–H groups in total. The number of aromatic nitrogens is 3. The molecule has 2 aromatic heterocycles. The number of esters is 1. The van der Waals surface area contributed by atoms with Gasteiger partial charge in [0.15, 0.2) is 0 Å². The highest BCUT2D eigenvalue weighted by Gasteiger charge is 2.23. The van der Waals surface area contributed by atoms with Gasteiger partial charge in [0.1, 0.15) is 18.3 Å². The number of rotatable bonds is 6. The largest absolute Gasteiger partial charge is 0.508 e. The van der Waals surface area contributed by atoms with Crippen LogP contribution in [0, 0.1) is 6.92 Å². The molecule has 2 rings (SSSR count). The minimum Gasteiger partial charge on any atom is -0.508 e. The highest BCUT2D eigenvalue weighted by molar-refractivity contribution is 5.84. The van der Waals surface area contributed by atoms with E-state index in [1.165, 1.54) is 30.3 Å². The molecule has 128 valence electrons. The van der Waals surface area contributed by atoms with Crippen molar-refractivity contribution in [2.75, 3.05) is 7.11 Å². The summed E-state index contributed by atoms with van der Waals surface area (Å²) in [6, 6.07) is 1.48. The number of hydrogen-bond acceptors (Lipinski definition) is 6. The molecule has 0 aliphatic rings. The number of aromatic amines is 1. The number of methoxy groups -OCH3 is 1. The number of imidazole rings is 1. The average molecular weight is 334 g/mol. The Balaban J connectivity index is 2.10. The fourth-order valence-electron chi connectivity index (χ4n) is 2.25. The molecular formula is C15H18N4O5. The highest BCUT2D eigenvalue weighted by Crippen LogP contribution is 2.07. The van der Waals surface area contributed by atoms with E-state index in [9.17, 15) is 19.5 Å². The number of nitrogens with zero attached hydrogens (tertiary/aromatic N) is 2. The van der Waals surface area contributed by atoms with Crippen molar-refractivity contribution in [2.45, 2.75) is 25.9 Å². The van der Waals surface area contributed by atoms with Crippen molar-refractivity contribution in [1.82, 2.24) is 19.9 Å². The molecule has 0 fully saturated rings. The second kappa shape index (κ2) is 7.44. The van der Waals surface area contributed by atoms with Gasteiger partial charge in [0.05, 0.1) is 13.4 Å². The van der Waals surface area contributed by atoms with Crippen LogP contribution in [0.5, 0.6) is 5.75 Å².